The number of ketones is 1. The number of para-hydroxylation sites is 1. The third kappa shape index (κ3) is 6.77. The number of carboxylic acids is 1. The van der Waals surface area contributed by atoms with E-state index in [1.807, 2.05) is 79.9 Å². The molecular formula is C36H37FN2O4. The van der Waals surface area contributed by atoms with Crippen molar-refractivity contribution in [2.45, 2.75) is 60.6 Å². The second kappa shape index (κ2) is 11.6. The number of hydrogen-bond donors (Lipinski definition) is 1. The molecule has 3 aromatic carbocycles. The van der Waals surface area contributed by atoms with Gasteiger partial charge in [-0.2, -0.15) is 0 Å². The van der Waals surface area contributed by atoms with E-state index in [0.29, 0.717) is 28.9 Å². The van der Waals surface area contributed by atoms with Crippen LogP contribution in [0.1, 0.15) is 68.3 Å². The number of ether oxygens (including phenoxy) is 1. The summed E-state index contributed by atoms with van der Waals surface area (Å²) in [4.78, 5) is 31.0. The summed E-state index contributed by atoms with van der Waals surface area (Å²) in [5.41, 5.74) is 3.03. The van der Waals surface area contributed by atoms with Crippen LogP contribution in [-0.2, 0) is 24.4 Å². The molecule has 0 atom stereocenters. The molecule has 0 amide bonds. The van der Waals surface area contributed by atoms with Crippen molar-refractivity contribution in [1.82, 2.24) is 9.55 Å². The number of pyridine rings is 1. The highest BCUT2D eigenvalue weighted by atomic mass is 19.1. The first-order valence-corrected chi connectivity index (χ1v) is 14.4. The molecular weight excluding hydrogens is 543 g/mol. The summed E-state index contributed by atoms with van der Waals surface area (Å²) in [6.07, 6.45) is 0.426. The van der Waals surface area contributed by atoms with Crippen LogP contribution in [-0.4, -0.2) is 26.4 Å². The van der Waals surface area contributed by atoms with Gasteiger partial charge in [-0.05, 0) is 67.3 Å². The molecule has 6 nitrogen and oxygen atoms in total. The Bertz CT molecular complexity index is 1810. The minimum Gasteiger partial charge on any atom is -0.487 e. The fraction of sp³-hybridized carbons (Fsp3) is 0.306. The number of halogens is 1. The smallest absolute Gasteiger partial charge is 0.309 e. The molecule has 0 saturated carbocycles. The maximum absolute atomic E-state index is 14.0. The molecule has 43 heavy (non-hydrogen) atoms. The fourth-order valence-corrected chi connectivity index (χ4v) is 5.33. The van der Waals surface area contributed by atoms with Crippen LogP contribution in [0, 0.1) is 16.6 Å². The predicted octanol–water partition coefficient (Wildman–Crippen LogP) is 8.23. The normalized spacial score (nSPS) is 12.1. The highest BCUT2D eigenvalue weighted by molar-refractivity contribution is 6.10. The van der Waals surface area contributed by atoms with E-state index in [0.717, 1.165) is 27.7 Å². The van der Waals surface area contributed by atoms with Crippen molar-refractivity contribution < 1.29 is 23.8 Å². The van der Waals surface area contributed by atoms with Crippen molar-refractivity contribution in [3.8, 4) is 5.75 Å². The average Bonchev–Trinajstić information content (AvgIpc) is 3.23. The van der Waals surface area contributed by atoms with Gasteiger partial charge in [-0.25, -0.2) is 9.37 Å². The molecule has 2 aromatic heterocycles. The van der Waals surface area contributed by atoms with E-state index >= 15 is 0 Å². The Labute approximate surface area is 251 Å². The van der Waals surface area contributed by atoms with Crippen molar-refractivity contribution in [3.63, 3.8) is 0 Å². The summed E-state index contributed by atoms with van der Waals surface area (Å²) in [6.45, 7) is 9.96. The van der Waals surface area contributed by atoms with Gasteiger partial charge in [0.25, 0.3) is 0 Å². The van der Waals surface area contributed by atoms with Gasteiger partial charge in [0.05, 0.1) is 16.6 Å². The van der Waals surface area contributed by atoms with Gasteiger partial charge in [0.1, 0.15) is 18.2 Å². The van der Waals surface area contributed by atoms with Gasteiger partial charge < -0.3 is 14.4 Å². The maximum Gasteiger partial charge on any atom is 0.309 e. The van der Waals surface area contributed by atoms with Crippen LogP contribution in [0.3, 0.4) is 0 Å². The first kappa shape index (κ1) is 30.0. The fourth-order valence-electron chi connectivity index (χ4n) is 5.33. The van der Waals surface area contributed by atoms with E-state index in [4.69, 9.17) is 9.72 Å². The number of carbonyl (C=O) groups excluding carboxylic acids is 1. The van der Waals surface area contributed by atoms with Gasteiger partial charge in [-0.3, -0.25) is 9.59 Å². The predicted molar refractivity (Wildman–Crippen MR) is 167 cm³/mol. The number of benzene rings is 3. The van der Waals surface area contributed by atoms with Crippen LogP contribution < -0.4 is 4.74 Å². The molecule has 5 rings (SSSR count). The van der Waals surface area contributed by atoms with E-state index in [1.54, 1.807) is 26.0 Å². The van der Waals surface area contributed by atoms with Gasteiger partial charge in [0.2, 0.25) is 0 Å². The molecule has 222 valence electrons. The quantitative estimate of drug-likeness (QED) is 0.168. The van der Waals surface area contributed by atoms with E-state index < -0.39 is 11.4 Å². The zero-order chi connectivity index (χ0) is 30.9. The number of Topliss-reactive ketones (excluding diaryl/α,β-unsaturated/α-hetero) is 1. The third-order valence-electron chi connectivity index (χ3n) is 7.60. The molecule has 0 bridgehead atoms. The minimum atomic E-state index is -1.13. The van der Waals surface area contributed by atoms with Crippen LogP contribution in [0.25, 0.3) is 21.8 Å². The number of aliphatic carboxylic acids is 1. The lowest BCUT2D eigenvalue weighted by atomic mass is 9.83. The van der Waals surface area contributed by atoms with Crippen LogP contribution in [0.15, 0.2) is 78.9 Å². The number of nitrogens with zero attached hydrogens (tertiary/aromatic N) is 2. The van der Waals surface area contributed by atoms with Gasteiger partial charge in [0, 0.05) is 46.9 Å². The number of aromatic nitrogens is 2. The lowest BCUT2D eigenvalue weighted by molar-refractivity contribution is -0.146. The molecule has 0 spiro atoms. The summed E-state index contributed by atoms with van der Waals surface area (Å²) in [7, 11) is 0. The van der Waals surface area contributed by atoms with Crippen molar-refractivity contribution in [1.29, 1.82) is 0 Å². The van der Waals surface area contributed by atoms with Crippen molar-refractivity contribution in [2.75, 3.05) is 0 Å². The lowest BCUT2D eigenvalue weighted by Crippen LogP contribution is -2.28. The molecule has 0 radical (unpaired) electrons. The summed E-state index contributed by atoms with van der Waals surface area (Å²) in [6, 6.07) is 23.7. The highest BCUT2D eigenvalue weighted by Crippen LogP contribution is 2.37. The van der Waals surface area contributed by atoms with Crippen molar-refractivity contribution in [3.05, 3.63) is 107 Å². The van der Waals surface area contributed by atoms with Crippen molar-refractivity contribution in [2.24, 2.45) is 10.8 Å². The van der Waals surface area contributed by atoms with Crippen LogP contribution in [0.5, 0.6) is 5.75 Å². The first-order chi connectivity index (χ1) is 20.3. The van der Waals surface area contributed by atoms with Gasteiger partial charge >= 0.3 is 5.97 Å². The summed E-state index contributed by atoms with van der Waals surface area (Å²) in [5, 5.41) is 11.8. The lowest BCUT2D eigenvalue weighted by Gasteiger charge is -2.23. The highest BCUT2D eigenvalue weighted by Gasteiger charge is 2.34. The summed E-state index contributed by atoms with van der Waals surface area (Å²) >= 11 is 0. The summed E-state index contributed by atoms with van der Waals surface area (Å²) in [5.74, 6) is -0.764. The number of hydrogen-bond acceptors (Lipinski definition) is 4. The van der Waals surface area contributed by atoms with Crippen LogP contribution in [0.4, 0.5) is 4.39 Å². The molecule has 5 aromatic rings. The second-order valence-corrected chi connectivity index (χ2v) is 13.0. The molecule has 1 N–H and O–H groups in total. The Morgan fingerprint density at radius 3 is 2.35 bits per heavy atom. The molecule has 2 heterocycles. The molecule has 0 aliphatic carbocycles. The molecule has 7 heteroatoms. The van der Waals surface area contributed by atoms with E-state index in [2.05, 4.69) is 0 Å². The number of rotatable bonds is 10. The topological polar surface area (TPSA) is 81.4 Å². The number of fused-ring (bicyclic) bond motifs is 2. The van der Waals surface area contributed by atoms with E-state index in [9.17, 15) is 19.1 Å². The average molecular weight is 581 g/mol. The first-order valence-electron chi connectivity index (χ1n) is 14.4. The van der Waals surface area contributed by atoms with E-state index in [-0.39, 0.29) is 36.5 Å². The van der Waals surface area contributed by atoms with Gasteiger partial charge in [-0.1, -0.05) is 57.2 Å². The maximum atomic E-state index is 14.0. The number of carboxylic acid groups (broad SMARTS) is 1. The Hall–Kier alpha value is -4.52. The zero-order valence-corrected chi connectivity index (χ0v) is 25.3. The Kier molecular flexibility index (Phi) is 8.10. The van der Waals surface area contributed by atoms with Gasteiger partial charge in [0.15, 0.2) is 5.78 Å². The Morgan fingerprint density at radius 1 is 0.930 bits per heavy atom. The van der Waals surface area contributed by atoms with Crippen LogP contribution >= 0.6 is 0 Å². The minimum absolute atomic E-state index is 0.0557. The van der Waals surface area contributed by atoms with E-state index in [1.165, 1.54) is 12.1 Å². The molecule has 0 aliphatic rings. The SMILES string of the molecule is CC(C)(C)CC(=O)c1c(CC(C)(C)C(=O)O)n(Cc2ccc(F)cc2)c2ccc(OCc3ccc4ccccc4n3)cc12. The monoisotopic (exact) mass is 580 g/mol. The third-order valence-corrected chi connectivity index (χ3v) is 7.60. The molecule has 0 fully saturated rings. The largest absolute Gasteiger partial charge is 0.487 e. The van der Waals surface area contributed by atoms with Gasteiger partial charge in [-0.15, -0.1) is 0 Å². The van der Waals surface area contributed by atoms with Crippen molar-refractivity contribution >= 4 is 33.6 Å². The summed E-state index contributed by atoms with van der Waals surface area (Å²) < 4.78 is 21.9. The standard InChI is InChI=1S/C36H37FN2O4/c1-35(2,3)20-32(40)33-28-18-27(43-22-26-15-12-24-8-6-7-9-29(24)38-26)16-17-30(28)39(21-23-10-13-25(37)14-11-23)31(33)19-36(4,5)34(41)42/h6-18H,19-22H2,1-5H3,(H,41,42). The second-order valence-electron chi connectivity index (χ2n) is 13.0. The number of carbonyl (C=O) groups is 2. The Balaban J connectivity index is 1.62. The van der Waals surface area contributed by atoms with Crippen LogP contribution in [0.2, 0.25) is 0 Å². The molecule has 0 unspecified atom stereocenters. The Morgan fingerprint density at radius 2 is 1.65 bits per heavy atom. The molecule has 0 saturated heterocycles. The molecule has 0 aliphatic heterocycles. The zero-order valence-electron chi connectivity index (χ0n) is 25.3.